The Morgan fingerprint density at radius 2 is 0.882 bits per heavy atom. The number of hydrogen-bond acceptors (Lipinski definition) is 10. The fourth-order valence-electron chi connectivity index (χ4n) is 0.349. The van der Waals surface area contributed by atoms with Gasteiger partial charge in [-0.05, 0) is 44.8 Å². The van der Waals surface area contributed by atoms with Gasteiger partial charge < -0.3 is 12.6 Å². The van der Waals surface area contributed by atoms with Gasteiger partial charge in [-0.3, -0.25) is 0 Å². The van der Waals surface area contributed by atoms with Gasteiger partial charge in [0.25, 0.3) is 0 Å². The monoisotopic (exact) mass is 341 g/mol. The van der Waals surface area contributed by atoms with E-state index in [1.165, 1.54) is 5.40 Å². The molecule has 0 saturated carbocycles. The predicted octanol–water partition coefficient (Wildman–Crippen LogP) is -0.702. The van der Waals surface area contributed by atoms with Gasteiger partial charge in [0.05, 0.1) is 0 Å². The quantitative estimate of drug-likeness (QED) is 0.369. The SMILES string of the molecule is N#CS[Si](SC#N)(SC#N)SC#N.N#C[S-].[Na+]. The van der Waals surface area contributed by atoms with Gasteiger partial charge in [-0.15, -0.1) is 0 Å². The minimum Gasteiger partial charge on any atom is -0.696 e. The molecule has 0 aromatic carbocycles. The Morgan fingerprint density at radius 1 is 0.706 bits per heavy atom. The summed E-state index contributed by atoms with van der Waals surface area (Å²) in [5.41, 5.74) is 0. The van der Waals surface area contributed by atoms with Crippen LogP contribution < -0.4 is 29.6 Å². The molecule has 0 amide bonds. The summed E-state index contributed by atoms with van der Waals surface area (Å²) in [6.07, 6.45) is 0. The zero-order chi connectivity index (χ0) is 12.9. The third-order valence-corrected chi connectivity index (χ3v) is 15.1. The molecule has 0 heterocycles. The van der Waals surface area contributed by atoms with E-state index in [1.807, 2.05) is 21.6 Å². The topological polar surface area (TPSA) is 119 Å². The molecule has 0 aliphatic carbocycles. The molecule has 0 bridgehead atoms. The number of rotatable bonds is 4. The molecule has 80 valence electrons. The maximum absolute atomic E-state index is 8.46. The number of nitriles is 5. The molecule has 0 atom stereocenters. The van der Waals surface area contributed by atoms with Crippen LogP contribution in [0.2, 0.25) is 0 Å². The van der Waals surface area contributed by atoms with E-state index in [0.29, 0.717) is 0 Å². The largest absolute Gasteiger partial charge is 1.00 e. The summed E-state index contributed by atoms with van der Waals surface area (Å²) in [5, 5.41) is 49.6. The van der Waals surface area contributed by atoms with Gasteiger partial charge >= 0.3 is 34.2 Å². The smallest absolute Gasteiger partial charge is 0.696 e. The molecule has 0 aromatic rings. The van der Waals surface area contributed by atoms with Gasteiger partial charge in [-0.1, -0.05) is 5.40 Å². The third kappa shape index (κ3) is 12.5. The molecule has 0 saturated heterocycles. The Labute approximate surface area is 143 Å². The second kappa shape index (κ2) is 16.3. The summed E-state index contributed by atoms with van der Waals surface area (Å²) in [6.45, 7) is 0. The first-order valence-electron chi connectivity index (χ1n) is 2.96. The zero-order valence-corrected chi connectivity index (χ0v) is 15.4. The maximum Gasteiger partial charge on any atom is 1.00 e. The Hall–Kier alpha value is 0.287. The van der Waals surface area contributed by atoms with Crippen molar-refractivity contribution >= 4 is 62.1 Å². The molecular weight excluding hydrogens is 342 g/mol. The molecule has 0 aliphatic heterocycles. The summed E-state index contributed by atoms with van der Waals surface area (Å²) < 4.78 is -2.57. The predicted molar refractivity (Wildman–Crippen MR) is 71.5 cm³/mol. The van der Waals surface area contributed by atoms with Crippen LogP contribution in [0.25, 0.3) is 0 Å². The molecule has 0 aromatic heterocycles. The molecule has 12 heteroatoms. The Morgan fingerprint density at radius 3 is 1.00 bits per heavy atom. The van der Waals surface area contributed by atoms with Crippen LogP contribution in [0.4, 0.5) is 0 Å². The maximum atomic E-state index is 8.46. The van der Waals surface area contributed by atoms with Crippen molar-refractivity contribution in [1.29, 1.82) is 26.3 Å². The number of thiocyanates is 5. The van der Waals surface area contributed by atoms with E-state index in [2.05, 4.69) is 12.6 Å². The van der Waals surface area contributed by atoms with Crippen LogP contribution in [0.1, 0.15) is 0 Å². The van der Waals surface area contributed by atoms with Crippen molar-refractivity contribution in [1.82, 2.24) is 0 Å². The summed E-state index contributed by atoms with van der Waals surface area (Å²) >= 11 is 7.15. The minimum atomic E-state index is -2.57. The van der Waals surface area contributed by atoms with Crippen LogP contribution in [-0.2, 0) is 12.6 Å². The number of nitrogens with zero attached hydrogens (tertiary/aromatic N) is 5. The van der Waals surface area contributed by atoms with Crippen LogP contribution >= 0.6 is 44.8 Å². The van der Waals surface area contributed by atoms with E-state index in [1.54, 1.807) is 0 Å². The van der Waals surface area contributed by atoms with Gasteiger partial charge in [0.2, 0.25) is 0 Å². The summed E-state index contributed by atoms with van der Waals surface area (Å²) in [5.74, 6) is 0. The molecule has 0 aliphatic rings. The van der Waals surface area contributed by atoms with E-state index in [0.717, 1.165) is 44.8 Å². The Kier molecular flexibility index (Phi) is 21.5. The molecule has 17 heavy (non-hydrogen) atoms. The van der Waals surface area contributed by atoms with Crippen molar-refractivity contribution in [3.63, 3.8) is 0 Å². The summed E-state index contributed by atoms with van der Waals surface area (Å²) in [7, 11) is 0. The van der Waals surface area contributed by atoms with E-state index in [4.69, 9.17) is 26.3 Å². The van der Waals surface area contributed by atoms with Crippen molar-refractivity contribution in [2.45, 2.75) is 0 Å². The van der Waals surface area contributed by atoms with E-state index >= 15 is 0 Å². The van der Waals surface area contributed by atoms with Gasteiger partial charge in [0, 0.05) is 0 Å². The fourth-order valence-corrected chi connectivity index (χ4v) is 9.41. The van der Waals surface area contributed by atoms with Gasteiger partial charge in [-0.25, -0.2) is 5.26 Å². The third-order valence-electron chi connectivity index (χ3n) is 0.683. The van der Waals surface area contributed by atoms with Gasteiger partial charge in [0.1, 0.15) is 21.6 Å². The standard InChI is InChI=1S/C4N4S4Si.CHNS.Na/c5-1-9-13(10-2-6,11-3-7)12-4-8;2-1-3;/h;3H;/q;;+1/p-1. The van der Waals surface area contributed by atoms with Crippen LogP contribution in [0.3, 0.4) is 0 Å². The van der Waals surface area contributed by atoms with Gasteiger partial charge in [0.15, 0.2) is 0 Å². The number of hydrogen-bond donors (Lipinski definition) is 0. The van der Waals surface area contributed by atoms with Crippen LogP contribution in [0.5, 0.6) is 0 Å². The minimum absolute atomic E-state index is 0. The van der Waals surface area contributed by atoms with Crippen molar-refractivity contribution in [2.24, 2.45) is 0 Å². The molecule has 5 nitrogen and oxygen atoms in total. The normalized spacial score (nSPS) is 7.24. The molecule has 0 radical (unpaired) electrons. The van der Waals surface area contributed by atoms with Crippen molar-refractivity contribution in [3.8, 4) is 27.0 Å². The van der Waals surface area contributed by atoms with E-state index in [-0.39, 0.29) is 29.6 Å². The second-order valence-corrected chi connectivity index (χ2v) is 18.5. The molecule has 0 spiro atoms. The molecular formula is C5N5NaS5Si. The fraction of sp³-hybridized carbons (Fsp3) is 0. The molecule has 0 rings (SSSR count). The van der Waals surface area contributed by atoms with E-state index < -0.39 is 4.67 Å². The van der Waals surface area contributed by atoms with Crippen molar-refractivity contribution in [2.75, 3.05) is 0 Å². The summed E-state index contributed by atoms with van der Waals surface area (Å²) in [6, 6.07) is 0. The average Bonchev–Trinajstić information content (AvgIpc) is 2.20. The molecule has 0 unspecified atom stereocenters. The van der Waals surface area contributed by atoms with Crippen LogP contribution in [0.15, 0.2) is 0 Å². The Bertz CT molecular complexity index is 341. The first-order chi connectivity index (χ1) is 7.66. The van der Waals surface area contributed by atoms with Crippen molar-refractivity contribution < 1.29 is 29.6 Å². The second-order valence-electron chi connectivity index (χ2n) is 1.36. The Balaban J connectivity index is -0.000000440. The van der Waals surface area contributed by atoms with E-state index in [9.17, 15) is 0 Å². The first-order valence-corrected chi connectivity index (χ1v) is 11.5. The average molecular weight is 342 g/mol. The molecule has 0 N–H and O–H groups in total. The molecule has 0 fully saturated rings. The first kappa shape index (κ1) is 22.5. The zero-order valence-electron chi connectivity index (χ0n) is 8.28. The van der Waals surface area contributed by atoms with Crippen LogP contribution in [-0.4, -0.2) is 4.67 Å². The van der Waals surface area contributed by atoms with Crippen LogP contribution in [0, 0.1) is 53.3 Å². The summed E-state index contributed by atoms with van der Waals surface area (Å²) in [4.78, 5) is 0. The van der Waals surface area contributed by atoms with Crippen molar-refractivity contribution in [3.05, 3.63) is 0 Å². The van der Waals surface area contributed by atoms with Gasteiger partial charge in [-0.2, -0.15) is 21.0 Å².